The van der Waals surface area contributed by atoms with Crippen molar-refractivity contribution < 1.29 is 4.52 Å². The number of hydrogen-bond acceptors (Lipinski definition) is 5. The zero-order valence-electron chi connectivity index (χ0n) is 13.6. The quantitative estimate of drug-likeness (QED) is 0.722. The lowest BCUT2D eigenvalue weighted by atomic mass is 10.1. The first kappa shape index (κ1) is 15.1. The molecule has 0 saturated carbocycles. The van der Waals surface area contributed by atoms with Crippen molar-refractivity contribution in [3.8, 4) is 11.4 Å². The van der Waals surface area contributed by atoms with Gasteiger partial charge in [-0.3, -0.25) is 0 Å². The molecule has 0 amide bonds. The van der Waals surface area contributed by atoms with E-state index in [-0.39, 0.29) is 0 Å². The van der Waals surface area contributed by atoms with Gasteiger partial charge in [-0.1, -0.05) is 35.5 Å². The van der Waals surface area contributed by atoms with E-state index in [0.717, 1.165) is 31.6 Å². The number of piperidine rings is 1. The molecule has 0 aliphatic carbocycles. The molecule has 1 fully saturated rings. The third-order valence-corrected chi connectivity index (χ3v) is 4.57. The molecular formula is C18H21N5O. The van der Waals surface area contributed by atoms with E-state index in [0.29, 0.717) is 17.8 Å². The van der Waals surface area contributed by atoms with Crippen LogP contribution in [0, 0.1) is 0 Å². The third kappa shape index (κ3) is 3.38. The lowest BCUT2D eigenvalue weighted by molar-refractivity contribution is 0.174. The fourth-order valence-corrected chi connectivity index (χ4v) is 3.28. The van der Waals surface area contributed by atoms with Gasteiger partial charge in [0.15, 0.2) is 0 Å². The Balaban J connectivity index is 1.34. The molecular weight excluding hydrogens is 302 g/mol. The maximum Gasteiger partial charge on any atom is 0.228 e. The zero-order valence-corrected chi connectivity index (χ0v) is 13.6. The van der Waals surface area contributed by atoms with Crippen LogP contribution >= 0.6 is 0 Å². The Labute approximate surface area is 141 Å². The van der Waals surface area contributed by atoms with Crippen molar-refractivity contribution in [2.45, 2.75) is 25.3 Å². The van der Waals surface area contributed by atoms with Crippen molar-refractivity contribution in [1.82, 2.24) is 24.6 Å². The van der Waals surface area contributed by atoms with Crippen LogP contribution in [0.2, 0.25) is 0 Å². The molecule has 0 radical (unpaired) electrons. The standard InChI is InChI=1S/C18H21N5O/c1-2-5-15(6-3-1)18-20-17(24-21-18)8-11-22-10-4-7-16(13-22)23-12-9-19-14-23/h1-3,5-6,9,12,14,16H,4,7-8,10-11,13H2. The van der Waals surface area contributed by atoms with Gasteiger partial charge < -0.3 is 14.0 Å². The van der Waals surface area contributed by atoms with E-state index in [1.54, 1.807) is 0 Å². The summed E-state index contributed by atoms with van der Waals surface area (Å²) >= 11 is 0. The third-order valence-electron chi connectivity index (χ3n) is 4.57. The van der Waals surface area contributed by atoms with Crippen LogP contribution in [-0.4, -0.2) is 44.2 Å². The lowest BCUT2D eigenvalue weighted by Crippen LogP contribution is -2.37. The number of benzene rings is 1. The number of rotatable bonds is 5. The Hall–Kier alpha value is -2.47. The summed E-state index contributed by atoms with van der Waals surface area (Å²) in [6.07, 6.45) is 9.03. The van der Waals surface area contributed by atoms with Crippen LogP contribution in [0.5, 0.6) is 0 Å². The minimum atomic E-state index is 0.517. The Morgan fingerprint density at radius 1 is 1.21 bits per heavy atom. The maximum absolute atomic E-state index is 5.41. The number of aromatic nitrogens is 4. The Kier molecular flexibility index (Phi) is 4.38. The van der Waals surface area contributed by atoms with Crippen molar-refractivity contribution in [2.75, 3.05) is 19.6 Å². The molecule has 0 N–H and O–H groups in total. The maximum atomic E-state index is 5.41. The Morgan fingerprint density at radius 2 is 2.12 bits per heavy atom. The van der Waals surface area contributed by atoms with Gasteiger partial charge in [-0.05, 0) is 19.4 Å². The van der Waals surface area contributed by atoms with Gasteiger partial charge in [0, 0.05) is 43.5 Å². The number of likely N-dealkylation sites (tertiary alicyclic amines) is 1. The summed E-state index contributed by atoms with van der Waals surface area (Å²) in [6, 6.07) is 10.5. The van der Waals surface area contributed by atoms with Crippen molar-refractivity contribution >= 4 is 0 Å². The highest BCUT2D eigenvalue weighted by atomic mass is 16.5. The highest BCUT2D eigenvalue weighted by Crippen LogP contribution is 2.21. The number of hydrogen-bond donors (Lipinski definition) is 0. The van der Waals surface area contributed by atoms with Crippen LogP contribution in [0.15, 0.2) is 53.6 Å². The molecule has 1 aliphatic heterocycles. The van der Waals surface area contributed by atoms with Gasteiger partial charge in [0.25, 0.3) is 0 Å². The normalized spacial score (nSPS) is 18.8. The first-order valence-electron chi connectivity index (χ1n) is 8.46. The first-order chi connectivity index (χ1) is 11.9. The van der Waals surface area contributed by atoms with E-state index < -0.39 is 0 Å². The van der Waals surface area contributed by atoms with Gasteiger partial charge in [-0.2, -0.15) is 4.98 Å². The topological polar surface area (TPSA) is 60.0 Å². The van der Waals surface area contributed by atoms with Gasteiger partial charge in [0.1, 0.15) is 0 Å². The van der Waals surface area contributed by atoms with Crippen molar-refractivity contribution in [2.24, 2.45) is 0 Å². The molecule has 6 nitrogen and oxygen atoms in total. The van der Waals surface area contributed by atoms with Gasteiger partial charge in [0.2, 0.25) is 11.7 Å². The summed E-state index contributed by atoms with van der Waals surface area (Å²) in [6.45, 7) is 3.13. The zero-order chi connectivity index (χ0) is 16.2. The summed E-state index contributed by atoms with van der Waals surface area (Å²) in [7, 11) is 0. The number of nitrogens with zero attached hydrogens (tertiary/aromatic N) is 5. The van der Waals surface area contributed by atoms with Crippen molar-refractivity contribution in [3.63, 3.8) is 0 Å². The van der Waals surface area contributed by atoms with Crippen LogP contribution in [0.25, 0.3) is 11.4 Å². The minimum Gasteiger partial charge on any atom is -0.339 e. The molecule has 0 bridgehead atoms. The second kappa shape index (κ2) is 6.97. The monoisotopic (exact) mass is 323 g/mol. The molecule has 124 valence electrons. The summed E-state index contributed by atoms with van der Waals surface area (Å²) in [5.41, 5.74) is 0.991. The van der Waals surface area contributed by atoms with E-state index in [4.69, 9.17) is 4.52 Å². The predicted molar refractivity (Wildman–Crippen MR) is 90.4 cm³/mol. The molecule has 1 aliphatic rings. The molecule has 1 atom stereocenters. The predicted octanol–water partition coefficient (Wildman–Crippen LogP) is 2.81. The average molecular weight is 323 g/mol. The van der Waals surface area contributed by atoms with E-state index in [1.807, 2.05) is 42.9 Å². The van der Waals surface area contributed by atoms with Crippen molar-refractivity contribution in [1.29, 1.82) is 0 Å². The summed E-state index contributed by atoms with van der Waals surface area (Å²) in [4.78, 5) is 11.1. The second-order valence-electron chi connectivity index (χ2n) is 6.23. The second-order valence-corrected chi connectivity index (χ2v) is 6.23. The largest absolute Gasteiger partial charge is 0.339 e. The van der Waals surface area contributed by atoms with E-state index in [1.165, 1.54) is 12.8 Å². The molecule has 24 heavy (non-hydrogen) atoms. The molecule has 1 unspecified atom stereocenters. The lowest BCUT2D eigenvalue weighted by Gasteiger charge is -2.32. The minimum absolute atomic E-state index is 0.517. The van der Waals surface area contributed by atoms with Crippen LogP contribution in [-0.2, 0) is 6.42 Å². The van der Waals surface area contributed by atoms with Crippen LogP contribution in [0.3, 0.4) is 0 Å². The molecule has 3 heterocycles. The fourth-order valence-electron chi connectivity index (χ4n) is 3.28. The van der Waals surface area contributed by atoms with E-state index in [2.05, 4.69) is 30.8 Å². The molecule has 0 spiro atoms. The fraction of sp³-hybridized carbons (Fsp3) is 0.389. The van der Waals surface area contributed by atoms with Crippen molar-refractivity contribution in [3.05, 3.63) is 54.9 Å². The smallest absolute Gasteiger partial charge is 0.228 e. The molecule has 1 aromatic carbocycles. The number of imidazole rings is 1. The van der Waals surface area contributed by atoms with E-state index >= 15 is 0 Å². The molecule has 6 heteroatoms. The molecule has 4 rings (SSSR count). The average Bonchev–Trinajstić information content (AvgIpc) is 3.33. The van der Waals surface area contributed by atoms with Gasteiger partial charge in [-0.25, -0.2) is 4.98 Å². The van der Waals surface area contributed by atoms with Crippen LogP contribution in [0.1, 0.15) is 24.8 Å². The van der Waals surface area contributed by atoms with Crippen LogP contribution in [0.4, 0.5) is 0 Å². The highest BCUT2D eigenvalue weighted by Gasteiger charge is 2.21. The Morgan fingerprint density at radius 3 is 2.96 bits per heavy atom. The molecule has 1 saturated heterocycles. The SMILES string of the molecule is c1ccc(-c2noc(CCN3CCCC(n4ccnc4)C3)n2)cc1. The van der Waals surface area contributed by atoms with Gasteiger partial charge in [0.05, 0.1) is 6.33 Å². The van der Waals surface area contributed by atoms with Gasteiger partial charge >= 0.3 is 0 Å². The first-order valence-corrected chi connectivity index (χ1v) is 8.46. The highest BCUT2D eigenvalue weighted by molar-refractivity contribution is 5.53. The summed E-state index contributed by atoms with van der Waals surface area (Å²) < 4.78 is 7.62. The van der Waals surface area contributed by atoms with Gasteiger partial charge in [-0.15, -0.1) is 0 Å². The molecule has 3 aromatic rings. The molecule has 2 aromatic heterocycles. The van der Waals surface area contributed by atoms with Crippen LogP contribution < -0.4 is 0 Å². The Bertz CT molecular complexity index is 753. The summed E-state index contributed by atoms with van der Waals surface area (Å²) in [5.74, 6) is 1.37. The summed E-state index contributed by atoms with van der Waals surface area (Å²) in [5, 5.41) is 4.09. The van der Waals surface area contributed by atoms with E-state index in [9.17, 15) is 0 Å².